The second-order valence-corrected chi connectivity index (χ2v) is 6.06. The summed E-state index contributed by atoms with van der Waals surface area (Å²) in [6, 6.07) is 0.586. The lowest BCUT2D eigenvalue weighted by Gasteiger charge is -2.21. The molecule has 0 radical (unpaired) electrons. The molecule has 2 rings (SSSR count). The largest absolute Gasteiger partial charge is 0.389 e. The average molecular weight is 241 g/mol. The van der Waals surface area contributed by atoms with Crippen molar-refractivity contribution >= 4 is 0 Å². The Labute approximate surface area is 105 Å². The van der Waals surface area contributed by atoms with Crippen molar-refractivity contribution < 1.29 is 9.84 Å². The fourth-order valence-electron chi connectivity index (χ4n) is 2.65. The summed E-state index contributed by atoms with van der Waals surface area (Å²) < 4.78 is 5.49. The van der Waals surface area contributed by atoms with Crippen LogP contribution in [-0.2, 0) is 4.74 Å². The van der Waals surface area contributed by atoms with Crippen molar-refractivity contribution in [2.24, 2.45) is 17.8 Å². The first-order valence-electron chi connectivity index (χ1n) is 7.16. The summed E-state index contributed by atoms with van der Waals surface area (Å²) in [5.41, 5.74) is 0. The highest BCUT2D eigenvalue weighted by Gasteiger charge is 2.29. The monoisotopic (exact) mass is 241 g/mol. The Hall–Kier alpha value is -0.120. The van der Waals surface area contributed by atoms with Gasteiger partial charge in [0.2, 0.25) is 0 Å². The van der Waals surface area contributed by atoms with Gasteiger partial charge >= 0.3 is 0 Å². The Balaban J connectivity index is 1.54. The Kier molecular flexibility index (Phi) is 4.83. The van der Waals surface area contributed by atoms with E-state index in [0.29, 0.717) is 19.2 Å². The molecule has 3 nitrogen and oxygen atoms in total. The molecule has 2 N–H and O–H groups in total. The molecular weight excluding hydrogens is 214 g/mol. The first-order chi connectivity index (χ1) is 8.16. The zero-order valence-corrected chi connectivity index (χ0v) is 11.2. The third kappa shape index (κ3) is 4.23. The van der Waals surface area contributed by atoms with Crippen LogP contribution in [-0.4, -0.2) is 37.0 Å². The lowest BCUT2D eigenvalue weighted by atomic mass is 9.98. The normalized spacial score (nSPS) is 35.1. The molecule has 100 valence electrons. The molecule has 0 saturated heterocycles. The van der Waals surface area contributed by atoms with E-state index in [1.54, 1.807) is 0 Å². The number of aliphatic hydroxyl groups excluding tert-OH is 1. The molecule has 0 aromatic carbocycles. The number of hydrogen-bond donors (Lipinski definition) is 2. The molecule has 0 aromatic heterocycles. The van der Waals surface area contributed by atoms with Crippen molar-refractivity contribution in [2.75, 3.05) is 19.8 Å². The summed E-state index contributed by atoms with van der Waals surface area (Å²) in [6.45, 7) is 6.63. The second-order valence-electron chi connectivity index (χ2n) is 6.06. The molecule has 2 saturated carbocycles. The first-order valence-corrected chi connectivity index (χ1v) is 7.16. The predicted molar refractivity (Wildman–Crippen MR) is 68.9 cm³/mol. The molecule has 0 bridgehead atoms. The van der Waals surface area contributed by atoms with Gasteiger partial charge in [0, 0.05) is 19.2 Å². The second kappa shape index (κ2) is 6.17. The number of hydrogen-bond acceptors (Lipinski definition) is 3. The lowest BCUT2D eigenvalue weighted by molar-refractivity contribution is 0.0306. The van der Waals surface area contributed by atoms with Gasteiger partial charge in [0.05, 0.1) is 12.7 Å². The van der Waals surface area contributed by atoms with Crippen LogP contribution in [0.4, 0.5) is 0 Å². The smallest absolute Gasteiger partial charge is 0.0897 e. The summed E-state index contributed by atoms with van der Waals surface area (Å²) in [5.74, 6) is 2.33. The van der Waals surface area contributed by atoms with Crippen molar-refractivity contribution in [1.82, 2.24) is 5.32 Å². The van der Waals surface area contributed by atoms with Crippen molar-refractivity contribution in [1.29, 1.82) is 0 Å². The van der Waals surface area contributed by atoms with Crippen LogP contribution in [0.15, 0.2) is 0 Å². The molecule has 2 aliphatic carbocycles. The summed E-state index contributed by atoms with van der Waals surface area (Å²) in [6.07, 6.45) is 4.83. The third-order valence-electron chi connectivity index (χ3n) is 4.44. The molecule has 0 aromatic rings. The van der Waals surface area contributed by atoms with Crippen molar-refractivity contribution in [3.8, 4) is 0 Å². The van der Waals surface area contributed by atoms with Gasteiger partial charge in [0.15, 0.2) is 0 Å². The molecule has 0 aliphatic heterocycles. The van der Waals surface area contributed by atoms with E-state index in [1.807, 2.05) is 0 Å². The van der Waals surface area contributed by atoms with Crippen LogP contribution in [0.3, 0.4) is 0 Å². The van der Waals surface area contributed by atoms with Gasteiger partial charge in [0.1, 0.15) is 0 Å². The predicted octanol–water partition coefficient (Wildman–Crippen LogP) is 1.80. The number of rotatable bonds is 7. The molecule has 4 atom stereocenters. The van der Waals surface area contributed by atoms with E-state index in [2.05, 4.69) is 19.2 Å². The minimum Gasteiger partial charge on any atom is -0.389 e. The van der Waals surface area contributed by atoms with Crippen molar-refractivity contribution in [3.63, 3.8) is 0 Å². The molecule has 0 spiro atoms. The lowest BCUT2D eigenvalue weighted by Crippen LogP contribution is -2.39. The molecule has 17 heavy (non-hydrogen) atoms. The summed E-state index contributed by atoms with van der Waals surface area (Å²) in [4.78, 5) is 0. The van der Waals surface area contributed by atoms with Gasteiger partial charge in [0.25, 0.3) is 0 Å². The summed E-state index contributed by atoms with van der Waals surface area (Å²) in [5, 5.41) is 13.3. The standard InChI is InChI=1S/C14H27NO2/c1-10-3-6-14(11(10)2)15-7-13(16)9-17-8-12-4-5-12/h10-16H,3-9H2,1-2H3. The molecule has 2 aliphatic rings. The van der Waals surface area contributed by atoms with Crippen LogP contribution in [0, 0.1) is 17.8 Å². The van der Waals surface area contributed by atoms with Crippen molar-refractivity contribution in [3.05, 3.63) is 0 Å². The molecule has 0 amide bonds. The highest BCUT2D eigenvalue weighted by Crippen LogP contribution is 2.31. The molecule has 0 heterocycles. The summed E-state index contributed by atoms with van der Waals surface area (Å²) in [7, 11) is 0. The Bertz CT molecular complexity index is 230. The van der Waals surface area contributed by atoms with E-state index >= 15 is 0 Å². The van der Waals surface area contributed by atoms with Crippen LogP contribution >= 0.6 is 0 Å². The zero-order valence-electron chi connectivity index (χ0n) is 11.2. The minimum atomic E-state index is -0.350. The maximum atomic E-state index is 9.81. The first kappa shape index (κ1) is 13.3. The van der Waals surface area contributed by atoms with E-state index in [9.17, 15) is 5.11 Å². The van der Waals surface area contributed by atoms with E-state index in [0.717, 1.165) is 24.4 Å². The van der Waals surface area contributed by atoms with Gasteiger partial charge < -0.3 is 15.2 Å². The van der Waals surface area contributed by atoms with Gasteiger partial charge in [-0.2, -0.15) is 0 Å². The van der Waals surface area contributed by atoms with Gasteiger partial charge in [-0.3, -0.25) is 0 Å². The Morgan fingerprint density at radius 1 is 1.24 bits per heavy atom. The van der Waals surface area contributed by atoms with Crippen LogP contribution in [0.25, 0.3) is 0 Å². The minimum absolute atomic E-state index is 0.350. The van der Waals surface area contributed by atoms with Gasteiger partial charge in [-0.1, -0.05) is 13.8 Å². The number of aliphatic hydroxyl groups is 1. The topological polar surface area (TPSA) is 41.5 Å². The SMILES string of the molecule is CC1CCC(NCC(O)COCC2CC2)C1C. The van der Waals surface area contributed by atoms with Gasteiger partial charge in [-0.15, -0.1) is 0 Å². The van der Waals surface area contributed by atoms with E-state index in [-0.39, 0.29) is 6.10 Å². The quantitative estimate of drug-likeness (QED) is 0.714. The average Bonchev–Trinajstić information content (AvgIpc) is 3.06. The fourth-order valence-corrected chi connectivity index (χ4v) is 2.65. The summed E-state index contributed by atoms with van der Waals surface area (Å²) >= 11 is 0. The molecule has 4 unspecified atom stereocenters. The van der Waals surface area contributed by atoms with E-state index in [4.69, 9.17) is 4.74 Å². The maximum absolute atomic E-state index is 9.81. The van der Waals surface area contributed by atoms with Gasteiger partial charge in [-0.25, -0.2) is 0 Å². The van der Waals surface area contributed by atoms with Crippen LogP contribution < -0.4 is 5.32 Å². The third-order valence-corrected chi connectivity index (χ3v) is 4.44. The highest BCUT2D eigenvalue weighted by atomic mass is 16.5. The zero-order chi connectivity index (χ0) is 12.3. The van der Waals surface area contributed by atoms with Crippen LogP contribution in [0.5, 0.6) is 0 Å². The molecule has 2 fully saturated rings. The van der Waals surface area contributed by atoms with Crippen molar-refractivity contribution in [2.45, 2.75) is 51.7 Å². The van der Waals surface area contributed by atoms with Crippen LogP contribution in [0.2, 0.25) is 0 Å². The molecule has 3 heteroatoms. The Morgan fingerprint density at radius 3 is 2.59 bits per heavy atom. The highest BCUT2D eigenvalue weighted by molar-refractivity contribution is 4.85. The number of nitrogens with one attached hydrogen (secondary N) is 1. The van der Waals surface area contributed by atoms with E-state index in [1.165, 1.54) is 25.7 Å². The maximum Gasteiger partial charge on any atom is 0.0897 e. The van der Waals surface area contributed by atoms with Crippen LogP contribution in [0.1, 0.15) is 39.5 Å². The number of ether oxygens (including phenoxy) is 1. The Morgan fingerprint density at radius 2 is 2.00 bits per heavy atom. The molecular formula is C14H27NO2. The van der Waals surface area contributed by atoms with Gasteiger partial charge in [-0.05, 0) is 43.4 Å². The van der Waals surface area contributed by atoms with E-state index < -0.39 is 0 Å². The fraction of sp³-hybridized carbons (Fsp3) is 1.00.